The Balaban J connectivity index is 2.34. The molecule has 2 heterocycles. The first-order valence-electron chi connectivity index (χ1n) is 6.79. The van der Waals surface area contributed by atoms with Gasteiger partial charge in [-0.1, -0.05) is 13.3 Å². The molecule has 1 aromatic rings. The maximum absolute atomic E-state index is 12.7. The third kappa shape index (κ3) is 3.38. The normalized spacial score (nSPS) is 21.9. The number of sulfone groups is 1. The van der Waals surface area contributed by atoms with Crippen LogP contribution in [0.15, 0.2) is 11.1 Å². The number of nitrogens with zero attached hydrogens (tertiary/aromatic N) is 2. The van der Waals surface area contributed by atoms with Crippen molar-refractivity contribution < 1.29 is 16.8 Å². The second-order valence-corrected chi connectivity index (χ2v) is 9.26. The fourth-order valence-corrected chi connectivity index (χ4v) is 5.96. The van der Waals surface area contributed by atoms with E-state index in [-0.39, 0.29) is 28.8 Å². The predicted octanol–water partition coefficient (Wildman–Crippen LogP) is -0.0302. The number of rotatable bonds is 6. The summed E-state index contributed by atoms with van der Waals surface area (Å²) in [4.78, 5) is -0.0945. The first kappa shape index (κ1) is 16.2. The monoisotopic (exact) mass is 336 g/mol. The number of nitrogen functional groups attached to an aromatic ring is 1. The van der Waals surface area contributed by atoms with E-state index in [2.05, 4.69) is 10.2 Å². The van der Waals surface area contributed by atoms with Gasteiger partial charge in [0.05, 0.1) is 17.7 Å². The molecule has 1 fully saturated rings. The Labute approximate surface area is 124 Å². The molecule has 1 aliphatic heterocycles. The molecule has 2 rings (SSSR count). The molecule has 0 aliphatic carbocycles. The van der Waals surface area contributed by atoms with Crippen LogP contribution in [-0.2, 0) is 19.9 Å². The van der Waals surface area contributed by atoms with Crippen molar-refractivity contribution >= 4 is 25.7 Å². The summed E-state index contributed by atoms with van der Waals surface area (Å²) in [7, 11) is -7.01. The lowest BCUT2D eigenvalue weighted by molar-refractivity contribution is 0.335. The van der Waals surface area contributed by atoms with Crippen LogP contribution in [0.2, 0.25) is 0 Å². The van der Waals surface area contributed by atoms with Crippen LogP contribution in [0.25, 0.3) is 0 Å². The highest BCUT2D eigenvalue weighted by Gasteiger charge is 2.39. The van der Waals surface area contributed by atoms with Gasteiger partial charge in [-0.2, -0.15) is 9.40 Å². The molecule has 0 amide bonds. The summed E-state index contributed by atoms with van der Waals surface area (Å²) in [6, 6.07) is -0.527. The molecular weight excluding hydrogens is 316 g/mol. The van der Waals surface area contributed by atoms with Crippen LogP contribution < -0.4 is 5.73 Å². The van der Waals surface area contributed by atoms with Gasteiger partial charge in [0.2, 0.25) is 10.0 Å². The Morgan fingerprint density at radius 1 is 1.52 bits per heavy atom. The minimum absolute atomic E-state index is 0.0245. The highest BCUT2D eigenvalue weighted by atomic mass is 32.2. The van der Waals surface area contributed by atoms with Gasteiger partial charge in [-0.3, -0.25) is 5.10 Å². The van der Waals surface area contributed by atoms with Gasteiger partial charge < -0.3 is 5.73 Å². The maximum atomic E-state index is 12.7. The minimum Gasteiger partial charge on any atom is -0.383 e. The van der Waals surface area contributed by atoms with E-state index >= 15 is 0 Å². The molecule has 0 aromatic carbocycles. The molecule has 1 saturated heterocycles. The third-order valence-corrected chi connectivity index (χ3v) is 7.30. The number of unbranched alkanes of at least 4 members (excludes halogenated alkanes) is 1. The second kappa shape index (κ2) is 5.93. The number of sulfonamides is 1. The van der Waals surface area contributed by atoms with Crippen molar-refractivity contribution in [3.63, 3.8) is 0 Å². The van der Waals surface area contributed by atoms with Gasteiger partial charge in [-0.15, -0.1) is 0 Å². The number of aromatic nitrogens is 2. The Morgan fingerprint density at radius 2 is 2.24 bits per heavy atom. The maximum Gasteiger partial charge on any atom is 0.248 e. The van der Waals surface area contributed by atoms with Crippen molar-refractivity contribution in [2.75, 3.05) is 23.8 Å². The van der Waals surface area contributed by atoms with Crippen LogP contribution in [0.5, 0.6) is 0 Å². The summed E-state index contributed by atoms with van der Waals surface area (Å²) < 4.78 is 50.0. The number of H-pyrrole nitrogens is 1. The topological polar surface area (TPSA) is 126 Å². The number of nitrogens with two attached hydrogens (primary N) is 1. The molecule has 1 aliphatic rings. The second-order valence-electron chi connectivity index (χ2n) is 5.17. The van der Waals surface area contributed by atoms with Gasteiger partial charge >= 0.3 is 0 Å². The van der Waals surface area contributed by atoms with Crippen LogP contribution in [-0.4, -0.2) is 55.4 Å². The SMILES string of the molecule is CCCCN(C1CCS(=O)(=O)C1)S(=O)(=O)c1cn[nH]c1N. The summed E-state index contributed by atoms with van der Waals surface area (Å²) in [6.07, 6.45) is 2.95. The molecule has 10 heteroatoms. The van der Waals surface area contributed by atoms with E-state index < -0.39 is 25.9 Å². The van der Waals surface area contributed by atoms with Gasteiger partial charge in [0, 0.05) is 12.6 Å². The molecule has 21 heavy (non-hydrogen) atoms. The van der Waals surface area contributed by atoms with Crippen molar-refractivity contribution in [3.8, 4) is 0 Å². The molecule has 3 N–H and O–H groups in total. The van der Waals surface area contributed by atoms with Gasteiger partial charge in [-0.05, 0) is 12.8 Å². The first-order chi connectivity index (χ1) is 9.78. The van der Waals surface area contributed by atoms with E-state index in [0.717, 1.165) is 12.6 Å². The van der Waals surface area contributed by atoms with E-state index in [9.17, 15) is 16.8 Å². The summed E-state index contributed by atoms with van der Waals surface area (Å²) in [5.41, 5.74) is 5.60. The summed E-state index contributed by atoms with van der Waals surface area (Å²) in [6.45, 7) is 2.23. The zero-order chi connectivity index (χ0) is 15.7. The van der Waals surface area contributed by atoms with Crippen LogP contribution in [0.1, 0.15) is 26.2 Å². The average molecular weight is 336 g/mol. The molecule has 0 spiro atoms. The standard InChI is InChI=1S/C11H20N4O4S2/c1-2-3-5-15(9-4-6-20(16,17)8-9)21(18,19)10-7-13-14-11(10)12/h7,9H,2-6,8H2,1H3,(H3,12,13,14). The van der Waals surface area contributed by atoms with Gasteiger partial charge in [-0.25, -0.2) is 16.8 Å². The zero-order valence-corrected chi connectivity index (χ0v) is 13.5. The van der Waals surface area contributed by atoms with Gasteiger partial charge in [0.25, 0.3) is 0 Å². The van der Waals surface area contributed by atoms with Crippen molar-refractivity contribution in [2.45, 2.75) is 37.1 Å². The highest BCUT2D eigenvalue weighted by Crippen LogP contribution is 2.27. The Hall–Kier alpha value is -1.13. The van der Waals surface area contributed by atoms with Crippen molar-refractivity contribution in [1.29, 1.82) is 0 Å². The minimum atomic E-state index is -3.84. The van der Waals surface area contributed by atoms with E-state index in [1.165, 1.54) is 4.31 Å². The Morgan fingerprint density at radius 3 is 2.71 bits per heavy atom. The van der Waals surface area contributed by atoms with E-state index in [1.807, 2.05) is 6.92 Å². The molecule has 8 nitrogen and oxygen atoms in total. The average Bonchev–Trinajstić information content (AvgIpc) is 2.96. The number of hydrogen-bond acceptors (Lipinski definition) is 6. The van der Waals surface area contributed by atoms with Crippen molar-refractivity contribution in [2.24, 2.45) is 0 Å². The lowest BCUT2D eigenvalue weighted by atomic mass is 10.2. The Kier molecular flexibility index (Phi) is 4.59. The molecule has 0 bridgehead atoms. The van der Waals surface area contributed by atoms with Crippen LogP contribution >= 0.6 is 0 Å². The number of hydrogen-bond donors (Lipinski definition) is 2. The van der Waals surface area contributed by atoms with E-state index in [1.54, 1.807) is 0 Å². The highest BCUT2D eigenvalue weighted by molar-refractivity contribution is 7.92. The predicted molar refractivity (Wildman–Crippen MR) is 78.9 cm³/mol. The summed E-state index contributed by atoms with van der Waals surface area (Å²) >= 11 is 0. The van der Waals surface area contributed by atoms with Gasteiger partial charge in [0.15, 0.2) is 9.84 Å². The quantitative estimate of drug-likeness (QED) is 0.751. The molecule has 1 aromatic heterocycles. The largest absolute Gasteiger partial charge is 0.383 e. The molecule has 1 atom stereocenters. The smallest absolute Gasteiger partial charge is 0.248 e. The first-order valence-corrected chi connectivity index (χ1v) is 10.0. The van der Waals surface area contributed by atoms with Crippen LogP contribution in [0.4, 0.5) is 5.82 Å². The van der Waals surface area contributed by atoms with Crippen LogP contribution in [0, 0.1) is 0 Å². The zero-order valence-electron chi connectivity index (χ0n) is 11.8. The van der Waals surface area contributed by atoms with E-state index in [4.69, 9.17) is 5.73 Å². The molecule has 0 radical (unpaired) electrons. The number of nitrogens with one attached hydrogen (secondary N) is 1. The number of aromatic amines is 1. The van der Waals surface area contributed by atoms with Crippen molar-refractivity contribution in [1.82, 2.24) is 14.5 Å². The molecule has 120 valence electrons. The molecule has 0 saturated carbocycles. The lowest BCUT2D eigenvalue weighted by Gasteiger charge is -2.26. The fourth-order valence-electron chi connectivity index (χ4n) is 2.43. The third-order valence-electron chi connectivity index (χ3n) is 3.57. The van der Waals surface area contributed by atoms with Gasteiger partial charge in [0.1, 0.15) is 10.7 Å². The summed E-state index contributed by atoms with van der Waals surface area (Å²) in [5, 5.41) is 6.03. The molecule has 1 unspecified atom stereocenters. The number of anilines is 1. The Bertz CT molecular complexity index is 696. The summed E-state index contributed by atoms with van der Waals surface area (Å²) in [5.74, 6) is -0.137. The molecular formula is C11H20N4O4S2. The van der Waals surface area contributed by atoms with Crippen molar-refractivity contribution in [3.05, 3.63) is 6.20 Å². The van der Waals surface area contributed by atoms with Crippen LogP contribution in [0.3, 0.4) is 0 Å². The lowest BCUT2D eigenvalue weighted by Crippen LogP contribution is -2.41. The van der Waals surface area contributed by atoms with E-state index in [0.29, 0.717) is 12.8 Å². The fraction of sp³-hybridized carbons (Fsp3) is 0.727.